The molecule has 0 spiro atoms. The Morgan fingerprint density at radius 1 is 0.300 bits per heavy atom. The molecule has 4 aromatic carbocycles. The molecule has 0 aromatic heterocycles. The van der Waals surface area contributed by atoms with Crippen LogP contribution in [0.1, 0.15) is 0 Å². The molecule has 1 aliphatic rings. The summed E-state index contributed by atoms with van der Waals surface area (Å²) in [5.74, 6) is 0. The molecule has 0 bridgehead atoms. The molecular formula is C28H28N2+2. The molecule has 148 valence electrons. The van der Waals surface area contributed by atoms with E-state index in [9.17, 15) is 0 Å². The molecule has 0 saturated carbocycles. The van der Waals surface area contributed by atoms with Gasteiger partial charge in [0.05, 0.1) is 0 Å². The minimum absolute atomic E-state index is 0.904. The van der Waals surface area contributed by atoms with E-state index in [1.165, 1.54) is 22.7 Å². The average molecular weight is 393 g/mol. The summed E-state index contributed by atoms with van der Waals surface area (Å²) in [5.41, 5.74) is 5.51. The Balaban J connectivity index is 1.61. The van der Waals surface area contributed by atoms with Crippen LogP contribution >= 0.6 is 0 Å². The van der Waals surface area contributed by atoms with Gasteiger partial charge in [0, 0.05) is 0 Å². The van der Waals surface area contributed by atoms with E-state index >= 15 is 0 Å². The highest BCUT2D eigenvalue weighted by molar-refractivity contribution is 5.63. The Morgan fingerprint density at radius 3 is 0.700 bits per heavy atom. The van der Waals surface area contributed by atoms with Crippen molar-refractivity contribution in [3.8, 4) is 0 Å². The fourth-order valence-corrected chi connectivity index (χ4v) is 5.09. The van der Waals surface area contributed by atoms with Crippen LogP contribution in [0.5, 0.6) is 0 Å². The number of para-hydroxylation sites is 4. The van der Waals surface area contributed by atoms with E-state index in [2.05, 4.69) is 121 Å². The molecule has 30 heavy (non-hydrogen) atoms. The van der Waals surface area contributed by atoms with E-state index in [-0.39, 0.29) is 0 Å². The van der Waals surface area contributed by atoms with Crippen LogP contribution in [0.4, 0.5) is 22.7 Å². The summed E-state index contributed by atoms with van der Waals surface area (Å²) in [6.07, 6.45) is 0. The van der Waals surface area contributed by atoms with Gasteiger partial charge in [-0.2, -0.15) is 0 Å². The summed E-state index contributed by atoms with van der Waals surface area (Å²) in [7, 11) is 0. The van der Waals surface area contributed by atoms with Crippen molar-refractivity contribution < 1.29 is 0 Å². The molecule has 0 radical (unpaired) electrons. The Kier molecular flexibility index (Phi) is 4.96. The molecule has 0 amide bonds. The van der Waals surface area contributed by atoms with Crippen molar-refractivity contribution in [1.82, 2.24) is 8.97 Å². The second kappa shape index (κ2) is 7.91. The van der Waals surface area contributed by atoms with Crippen molar-refractivity contribution >= 4 is 22.7 Å². The maximum absolute atomic E-state index is 2.29. The van der Waals surface area contributed by atoms with Crippen molar-refractivity contribution in [2.75, 3.05) is 26.2 Å². The van der Waals surface area contributed by atoms with Crippen LogP contribution < -0.4 is 8.97 Å². The van der Waals surface area contributed by atoms with Gasteiger partial charge in [-0.3, -0.25) is 0 Å². The quantitative estimate of drug-likeness (QED) is 0.340. The standard InChI is InChI=1S/C28H28N2/c1-5-13-25(14-6-1)29(26-15-7-2-8-16-26)21-23-30(24-22-29,27-17-9-3-10-18-27)28-19-11-4-12-20-28/h1-20H,21-24H2/q+2. The summed E-state index contributed by atoms with van der Waals surface area (Å²) in [6.45, 7) is 4.21. The van der Waals surface area contributed by atoms with Gasteiger partial charge in [0.25, 0.3) is 0 Å². The monoisotopic (exact) mass is 392 g/mol. The summed E-state index contributed by atoms with van der Waals surface area (Å²) in [6, 6.07) is 44.1. The molecular weight excluding hydrogens is 364 g/mol. The van der Waals surface area contributed by atoms with Gasteiger partial charge < -0.3 is 0 Å². The van der Waals surface area contributed by atoms with Gasteiger partial charge in [0.15, 0.2) is 0 Å². The minimum atomic E-state index is 0.904. The third-order valence-electron chi connectivity index (χ3n) is 6.73. The third kappa shape index (κ3) is 3.15. The van der Waals surface area contributed by atoms with Crippen LogP contribution in [0.2, 0.25) is 0 Å². The van der Waals surface area contributed by atoms with Crippen LogP contribution in [-0.2, 0) is 0 Å². The van der Waals surface area contributed by atoms with Crippen molar-refractivity contribution in [2.45, 2.75) is 0 Å². The first-order valence-corrected chi connectivity index (χ1v) is 10.8. The summed E-state index contributed by atoms with van der Waals surface area (Å²) >= 11 is 0. The Morgan fingerprint density at radius 2 is 0.500 bits per heavy atom. The molecule has 1 heterocycles. The molecule has 1 aliphatic heterocycles. The van der Waals surface area contributed by atoms with Gasteiger partial charge in [-0.25, -0.2) is 8.97 Å². The molecule has 0 N–H and O–H groups in total. The number of nitrogens with zero attached hydrogens (tertiary/aromatic N) is 2. The molecule has 2 heteroatoms. The van der Waals surface area contributed by atoms with Gasteiger partial charge in [-0.1, -0.05) is 72.8 Å². The van der Waals surface area contributed by atoms with Gasteiger partial charge >= 0.3 is 0 Å². The predicted molar refractivity (Wildman–Crippen MR) is 128 cm³/mol. The van der Waals surface area contributed by atoms with E-state index < -0.39 is 0 Å². The predicted octanol–water partition coefficient (Wildman–Crippen LogP) is 6.68. The summed E-state index contributed by atoms with van der Waals surface area (Å²) in [4.78, 5) is 0. The van der Waals surface area contributed by atoms with Crippen molar-refractivity contribution in [3.63, 3.8) is 0 Å². The molecule has 0 aliphatic carbocycles. The largest absolute Gasteiger partial charge is 0.249 e. The maximum Gasteiger partial charge on any atom is 0.139 e. The van der Waals surface area contributed by atoms with E-state index in [0.29, 0.717) is 0 Å². The van der Waals surface area contributed by atoms with Crippen LogP contribution in [0.3, 0.4) is 0 Å². The molecule has 1 saturated heterocycles. The lowest BCUT2D eigenvalue weighted by Crippen LogP contribution is -2.64. The topological polar surface area (TPSA) is 0 Å². The first-order valence-electron chi connectivity index (χ1n) is 10.8. The van der Waals surface area contributed by atoms with E-state index in [4.69, 9.17) is 0 Å². The van der Waals surface area contributed by atoms with Crippen LogP contribution in [0.25, 0.3) is 0 Å². The summed E-state index contributed by atoms with van der Waals surface area (Å²) < 4.78 is 1.81. The molecule has 2 nitrogen and oxygen atoms in total. The number of hydrogen-bond acceptors (Lipinski definition) is 0. The first-order chi connectivity index (χ1) is 14.8. The molecule has 1 fully saturated rings. The fraction of sp³-hybridized carbons (Fsp3) is 0.143. The third-order valence-corrected chi connectivity index (χ3v) is 6.73. The second-order valence-electron chi connectivity index (χ2n) is 8.17. The van der Waals surface area contributed by atoms with E-state index in [1.54, 1.807) is 0 Å². The van der Waals surface area contributed by atoms with Gasteiger partial charge in [-0.05, 0) is 48.5 Å². The van der Waals surface area contributed by atoms with Crippen LogP contribution in [0, 0.1) is 0 Å². The number of hydrogen-bond donors (Lipinski definition) is 0. The zero-order valence-corrected chi connectivity index (χ0v) is 17.3. The molecule has 4 aromatic rings. The van der Waals surface area contributed by atoms with Gasteiger partial charge in [0.1, 0.15) is 48.9 Å². The number of piperazine rings is 1. The van der Waals surface area contributed by atoms with E-state index in [1.807, 2.05) is 0 Å². The highest BCUT2D eigenvalue weighted by Crippen LogP contribution is 2.42. The van der Waals surface area contributed by atoms with Crippen molar-refractivity contribution in [1.29, 1.82) is 0 Å². The zero-order valence-electron chi connectivity index (χ0n) is 17.3. The number of quaternary nitrogens is 2. The van der Waals surface area contributed by atoms with Crippen LogP contribution in [-0.4, -0.2) is 26.2 Å². The zero-order chi connectivity index (χ0) is 20.3. The van der Waals surface area contributed by atoms with E-state index in [0.717, 1.165) is 35.1 Å². The van der Waals surface area contributed by atoms with Gasteiger partial charge in [0.2, 0.25) is 0 Å². The highest BCUT2D eigenvalue weighted by atomic mass is 15.5. The minimum Gasteiger partial charge on any atom is -0.249 e. The molecule has 5 rings (SSSR count). The smallest absolute Gasteiger partial charge is 0.139 e. The fourth-order valence-electron chi connectivity index (χ4n) is 5.09. The molecule has 0 unspecified atom stereocenters. The number of rotatable bonds is 4. The maximum atomic E-state index is 2.29. The average Bonchev–Trinajstić information content (AvgIpc) is 2.86. The van der Waals surface area contributed by atoms with Crippen molar-refractivity contribution in [2.24, 2.45) is 0 Å². The van der Waals surface area contributed by atoms with Crippen molar-refractivity contribution in [3.05, 3.63) is 121 Å². The molecule has 0 atom stereocenters. The number of benzene rings is 4. The Bertz CT molecular complexity index is 895. The SMILES string of the molecule is c1ccc([N+]2(c3ccccc3)CC[N+](c3ccccc3)(c3ccccc3)CC2)cc1. The first kappa shape index (κ1) is 18.8. The highest BCUT2D eigenvalue weighted by Gasteiger charge is 2.47. The Hall–Kier alpha value is -3.20. The lowest BCUT2D eigenvalue weighted by Gasteiger charge is -2.48. The summed E-state index contributed by atoms with van der Waals surface area (Å²) in [5, 5.41) is 0. The lowest BCUT2D eigenvalue weighted by atomic mass is 10.0. The second-order valence-corrected chi connectivity index (χ2v) is 8.17. The van der Waals surface area contributed by atoms with Gasteiger partial charge in [-0.15, -0.1) is 0 Å². The Labute approximate surface area is 179 Å². The lowest BCUT2D eigenvalue weighted by molar-refractivity contribution is 0.230. The normalized spacial score (nSPS) is 17.3. The van der Waals surface area contributed by atoms with Crippen LogP contribution in [0.15, 0.2) is 121 Å².